The largest absolute Gasteiger partial charge is 0.352 e. The molecule has 0 aliphatic carbocycles. The normalized spacial score (nSPS) is 13.9. The molecular weight excluding hydrogens is 331 g/mol. The van der Waals surface area contributed by atoms with Crippen molar-refractivity contribution in [2.75, 3.05) is 20.1 Å². The van der Waals surface area contributed by atoms with Crippen LogP contribution in [0.4, 0.5) is 4.39 Å². The Morgan fingerprint density at radius 1 is 1.12 bits per heavy atom. The average Bonchev–Trinajstić information content (AvgIpc) is 2.68. The zero-order chi connectivity index (χ0) is 18.4. The van der Waals surface area contributed by atoms with Gasteiger partial charge in [0.25, 0.3) is 0 Å². The fraction of sp³-hybridized carbons (Fsp3) is 0.300. The zero-order valence-electron chi connectivity index (χ0n) is 14.8. The molecule has 136 valence electrons. The molecule has 0 aromatic heterocycles. The van der Waals surface area contributed by atoms with Crippen LogP contribution < -0.4 is 10.6 Å². The van der Waals surface area contributed by atoms with E-state index in [1.807, 2.05) is 17.0 Å². The monoisotopic (exact) mass is 354 g/mol. The van der Waals surface area contributed by atoms with E-state index >= 15 is 0 Å². The van der Waals surface area contributed by atoms with E-state index in [2.05, 4.69) is 27.8 Å². The summed E-state index contributed by atoms with van der Waals surface area (Å²) in [6.45, 7) is 1.81. The van der Waals surface area contributed by atoms with Gasteiger partial charge in [-0.15, -0.1) is 0 Å². The van der Waals surface area contributed by atoms with E-state index in [0.717, 1.165) is 13.0 Å². The minimum atomic E-state index is -0.265. The molecule has 0 saturated heterocycles. The maximum atomic E-state index is 13.7. The summed E-state index contributed by atoms with van der Waals surface area (Å²) in [6, 6.07) is 14.8. The van der Waals surface area contributed by atoms with Gasteiger partial charge in [0, 0.05) is 32.2 Å². The third-order valence-electron chi connectivity index (χ3n) is 4.52. The molecule has 2 aromatic carbocycles. The first-order chi connectivity index (χ1) is 12.7. The Hall–Kier alpha value is -2.89. The van der Waals surface area contributed by atoms with Crippen LogP contribution in [0.3, 0.4) is 0 Å². The number of hydrogen-bond acceptors (Lipinski definition) is 2. The van der Waals surface area contributed by atoms with Crippen molar-refractivity contribution in [1.82, 2.24) is 15.5 Å². The number of benzene rings is 2. The highest BCUT2D eigenvalue weighted by Gasteiger charge is 2.20. The molecule has 1 aliphatic rings. The summed E-state index contributed by atoms with van der Waals surface area (Å²) in [5, 5.41) is 6.03. The number of aliphatic imine (C=N–C) groups is 1. The molecule has 6 heteroatoms. The standard InChI is InChI=1S/C20H23FN4O/c1-22-20(23-12-16-7-4-5-9-18(16)21)24-13-19(26)25-11-10-15-6-2-3-8-17(15)14-25/h2-9H,10-14H2,1H3,(H2,22,23,24). The summed E-state index contributed by atoms with van der Waals surface area (Å²) in [7, 11) is 1.62. The van der Waals surface area contributed by atoms with Crippen LogP contribution in [0.2, 0.25) is 0 Å². The molecule has 0 atom stereocenters. The van der Waals surface area contributed by atoms with Gasteiger partial charge in [-0.2, -0.15) is 0 Å². The van der Waals surface area contributed by atoms with E-state index in [9.17, 15) is 9.18 Å². The van der Waals surface area contributed by atoms with Crippen molar-refractivity contribution in [3.05, 3.63) is 71.0 Å². The van der Waals surface area contributed by atoms with E-state index in [4.69, 9.17) is 0 Å². The number of rotatable bonds is 4. The lowest BCUT2D eigenvalue weighted by Gasteiger charge is -2.29. The van der Waals surface area contributed by atoms with Crippen LogP contribution in [0, 0.1) is 5.82 Å². The first-order valence-electron chi connectivity index (χ1n) is 8.70. The topological polar surface area (TPSA) is 56.7 Å². The number of guanidine groups is 1. The summed E-state index contributed by atoms with van der Waals surface area (Å²) in [4.78, 5) is 18.4. The molecule has 2 N–H and O–H groups in total. The molecule has 0 saturated carbocycles. The Morgan fingerprint density at radius 3 is 2.62 bits per heavy atom. The minimum absolute atomic E-state index is 0.0216. The van der Waals surface area contributed by atoms with Crippen LogP contribution in [0.25, 0.3) is 0 Å². The predicted octanol–water partition coefficient (Wildman–Crippen LogP) is 2.08. The van der Waals surface area contributed by atoms with Crippen LogP contribution in [0.5, 0.6) is 0 Å². The van der Waals surface area contributed by atoms with Gasteiger partial charge in [-0.3, -0.25) is 9.79 Å². The molecule has 1 amide bonds. The Balaban J connectivity index is 1.49. The summed E-state index contributed by atoms with van der Waals surface area (Å²) in [6.07, 6.45) is 0.877. The summed E-state index contributed by atoms with van der Waals surface area (Å²) in [5.41, 5.74) is 3.07. The third kappa shape index (κ3) is 4.39. The molecule has 0 spiro atoms. The van der Waals surface area contributed by atoms with Crippen LogP contribution in [0.15, 0.2) is 53.5 Å². The number of halogens is 1. The average molecular weight is 354 g/mol. The van der Waals surface area contributed by atoms with Crippen molar-refractivity contribution < 1.29 is 9.18 Å². The van der Waals surface area contributed by atoms with Crippen molar-refractivity contribution in [2.45, 2.75) is 19.5 Å². The van der Waals surface area contributed by atoms with E-state index < -0.39 is 0 Å². The smallest absolute Gasteiger partial charge is 0.242 e. The molecule has 5 nitrogen and oxygen atoms in total. The molecule has 0 fully saturated rings. The van der Waals surface area contributed by atoms with Crippen LogP contribution in [0.1, 0.15) is 16.7 Å². The molecule has 0 bridgehead atoms. The molecule has 1 aliphatic heterocycles. The molecule has 0 unspecified atom stereocenters. The summed E-state index contributed by atoms with van der Waals surface area (Å²) < 4.78 is 13.7. The zero-order valence-corrected chi connectivity index (χ0v) is 14.8. The number of fused-ring (bicyclic) bond motifs is 1. The van der Waals surface area contributed by atoms with Crippen molar-refractivity contribution in [2.24, 2.45) is 4.99 Å². The molecule has 26 heavy (non-hydrogen) atoms. The molecule has 0 radical (unpaired) electrons. The van der Waals surface area contributed by atoms with Crippen LogP contribution in [-0.2, 0) is 24.3 Å². The highest BCUT2D eigenvalue weighted by molar-refractivity contribution is 5.86. The van der Waals surface area contributed by atoms with Crippen molar-refractivity contribution in [1.29, 1.82) is 0 Å². The van der Waals surface area contributed by atoms with Gasteiger partial charge in [0.1, 0.15) is 5.82 Å². The van der Waals surface area contributed by atoms with Crippen molar-refractivity contribution >= 4 is 11.9 Å². The summed E-state index contributed by atoms with van der Waals surface area (Å²) in [5.74, 6) is 0.228. The number of carbonyl (C=O) groups is 1. The van der Waals surface area contributed by atoms with E-state index in [1.165, 1.54) is 17.2 Å². The van der Waals surface area contributed by atoms with Gasteiger partial charge in [-0.05, 0) is 23.6 Å². The lowest BCUT2D eigenvalue weighted by Crippen LogP contribution is -2.45. The van der Waals surface area contributed by atoms with Crippen molar-refractivity contribution in [3.8, 4) is 0 Å². The van der Waals surface area contributed by atoms with Crippen molar-refractivity contribution in [3.63, 3.8) is 0 Å². The first-order valence-corrected chi connectivity index (χ1v) is 8.70. The molecular formula is C20H23FN4O. The van der Waals surface area contributed by atoms with Gasteiger partial charge >= 0.3 is 0 Å². The predicted molar refractivity (Wildman–Crippen MR) is 100 cm³/mol. The molecule has 2 aromatic rings. The van der Waals surface area contributed by atoms with E-state index in [1.54, 1.807) is 25.2 Å². The van der Waals surface area contributed by atoms with E-state index in [-0.39, 0.29) is 18.3 Å². The quantitative estimate of drug-likeness (QED) is 0.653. The van der Waals surface area contributed by atoms with Gasteiger partial charge in [-0.25, -0.2) is 4.39 Å². The Bertz CT molecular complexity index is 806. The Morgan fingerprint density at radius 2 is 1.85 bits per heavy atom. The number of nitrogens with one attached hydrogen (secondary N) is 2. The second-order valence-corrected chi connectivity index (χ2v) is 6.20. The third-order valence-corrected chi connectivity index (χ3v) is 4.52. The van der Waals surface area contributed by atoms with E-state index in [0.29, 0.717) is 24.6 Å². The number of carbonyl (C=O) groups excluding carboxylic acids is 1. The lowest BCUT2D eigenvalue weighted by atomic mass is 10.00. The first kappa shape index (κ1) is 17.9. The minimum Gasteiger partial charge on any atom is -0.352 e. The Labute approximate surface area is 152 Å². The highest BCUT2D eigenvalue weighted by Crippen LogP contribution is 2.18. The molecule has 3 rings (SSSR count). The maximum Gasteiger partial charge on any atom is 0.242 e. The number of amides is 1. The number of nitrogens with zero attached hydrogens (tertiary/aromatic N) is 2. The van der Waals surface area contributed by atoms with Crippen LogP contribution >= 0.6 is 0 Å². The van der Waals surface area contributed by atoms with Gasteiger partial charge < -0.3 is 15.5 Å². The van der Waals surface area contributed by atoms with Crippen LogP contribution in [-0.4, -0.2) is 36.9 Å². The lowest BCUT2D eigenvalue weighted by molar-refractivity contribution is -0.130. The Kier molecular flexibility index (Phi) is 5.84. The second-order valence-electron chi connectivity index (χ2n) is 6.20. The number of hydrogen-bond donors (Lipinski definition) is 2. The second kappa shape index (κ2) is 8.47. The molecule has 1 heterocycles. The fourth-order valence-corrected chi connectivity index (χ4v) is 3.02. The van der Waals surface area contributed by atoms with Gasteiger partial charge in [0.05, 0.1) is 6.54 Å². The van der Waals surface area contributed by atoms with Gasteiger partial charge in [0.15, 0.2) is 5.96 Å². The fourth-order valence-electron chi connectivity index (χ4n) is 3.02. The SMILES string of the molecule is CN=C(NCC(=O)N1CCc2ccccc2C1)NCc1ccccc1F. The van der Waals surface area contributed by atoms with Gasteiger partial charge in [0.2, 0.25) is 5.91 Å². The van der Waals surface area contributed by atoms with Gasteiger partial charge in [-0.1, -0.05) is 42.5 Å². The maximum absolute atomic E-state index is 13.7. The summed E-state index contributed by atoms with van der Waals surface area (Å²) >= 11 is 0. The highest BCUT2D eigenvalue weighted by atomic mass is 19.1.